The second-order valence-corrected chi connectivity index (χ2v) is 3.77. The molecule has 0 saturated heterocycles. The van der Waals surface area contributed by atoms with Crippen molar-refractivity contribution >= 4 is 11.7 Å². The van der Waals surface area contributed by atoms with Gasteiger partial charge in [-0.2, -0.15) is 0 Å². The van der Waals surface area contributed by atoms with Crippen molar-refractivity contribution in [1.82, 2.24) is 10.3 Å². The van der Waals surface area contributed by atoms with Crippen molar-refractivity contribution in [2.75, 3.05) is 25.2 Å². The second-order valence-electron chi connectivity index (χ2n) is 3.77. The molecule has 0 bridgehead atoms. The molecule has 0 saturated carbocycles. The highest BCUT2D eigenvalue weighted by atomic mass is 16.5. The zero-order chi connectivity index (χ0) is 13.2. The van der Waals surface area contributed by atoms with Crippen molar-refractivity contribution < 1.29 is 9.53 Å². The zero-order valence-electron chi connectivity index (χ0n) is 10.6. The molecule has 6 heteroatoms. The lowest BCUT2D eigenvalue weighted by atomic mass is 10.2. The standard InChI is InChI=1S/C12H20N4O2/c1-2-8-18-9-4-7-15-12(17)10-5-3-6-14-11(10)16-13/h3,5-6H,2,4,7-9,13H2,1H3,(H,14,16)(H,15,17). The quantitative estimate of drug-likeness (QED) is 0.363. The number of anilines is 1. The molecular formula is C12H20N4O2. The monoisotopic (exact) mass is 252 g/mol. The minimum atomic E-state index is -0.188. The summed E-state index contributed by atoms with van der Waals surface area (Å²) in [6, 6.07) is 3.37. The molecule has 1 aromatic heterocycles. The molecule has 0 aromatic carbocycles. The number of rotatable bonds is 8. The Hall–Kier alpha value is -1.66. The summed E-state index contributed by atoms with van der Waals surface area (Å²) in [5.41, 5.74) is 2.84. The zero-order valence-corrected chi connectivity index (χ0v) is 10.6. The van der Waals surface area contributed by atoms with E-state index in [2.05, 4.69) is 22.7 Å². The van der Waals surface area contributed by atoms with Gasteiger partial charge in [0.25, 0.3) is 5.91 Å². The Labute approximate surface area is 107 Å². The first-order valence-electron chi connectivity index (χ1n) is 6.07. The lowest BCUT2D eigenvalue weighted by molar-refractivity contribution is 0.0942. The van der Waals surface area contributed by atoms with Gasteiger partial charge in [0, 0.05) is 26.0 Å². The van der Waals surface area contributed by atoms with Gasteiger partial charge in [0.05, 0.1) is 5.56 Å². The number of nitrogens with one attached hydrogen (secondary N) is 2. The van der Waals surface area contributed by atoms with Gasteiger partial charge in [-0.1, -0.05) is 6.92 Å². The maximum Gasteiger partial charge on any atom is 0.255 e. The number of pyridine rings is 1. The van der Waals surface area contributed by atoms with E-state index in [1.165, 1.54) is 0 Å². The molecule has 0 aliphatic carbocycles. The predicted molar refractivity (Wildman–Crippen MR) is 70.1 cm³/mol. The van der Waals surface area contributed by atoms with Crippen LogP contribution in [0.4, 0.5) is 5.82 Å². The van der Waals surface area contributed by atoms with Crippen LogP contribution in [0.15, 0.2) is 18.3 Å². The third-order valence-electron chi connectivity index (χ3n) is 2.29. The van der Waals surface area contributed by atoms with Crippen LogP contribution in [0.25, 0.3) is 0 Å². The number of nitrogen functional groups attached to an aromatic ring is 1. The van der Waals surface area contributed by atoms with Gasteiger partial charge in [0.2, 0.25) is 0 Å². The fourth-order valence-electron chi connectivity index (χ4n) is 1.42. The Morgan fingerprint density at radius 3 is 3.06 bits per heavy atom. The molecule has 1 amide bonds. The van der Waals surface area contributed by atoms with Crippen molar-refractivity contribution in [2.45, 2.75) is 19.8 Å². The molecule has 0 aliphatic rings. The lowest BCUT2D eigenvalue weighted by Gasteiger charge is -2.08. The van der Waals surface area contributed by atoms with Crippen LogP contribution in [-0.4, -0.2) is 30.6 Å². The second kappa shape index (κ2) is 8.43. The summed E-state index contributed by atoms with van der Waals surface area (Å²) in [7, 11) is 0. The summed E-state index contributed by atoms with van der Waals surface area (Å²) in [6.07, 6.45) is 3.37. The number of carbonyl (C=O) groups is 1. The number of aromatic nitrogens is 1. The Morgan fingerprint density at radius 1 is 1.50 bits per heavy atom. The first-order valence-corrected chi connectivity index (χ1v) is 6.07. The average Bonchev–Trinajstić information content (AvgIpc) is 2.42. The highest BCUT2D eigenvalue weighted by Crippen LogP contribution is 2.09. The molecule has 1 rings (SSSR count). The van der Waals surface area contributed by atoms with E-state index in [1.54, 1.807) is 18.3 Å². The molecule has 0 atom stereocenters. The van der Waals surface area contributed by atoms with Crippen LogP contribution < -0.4 is 16.6 Å². The van der Waals surface area contributed by atoms with E-state index in [0.29, 0.717) is 24.5 Å². The Kier molecular flexibility index (Phi) is 6.75. The topological polar surface area (TPSA) is 89.3 Å². The normalized spacial score (nSPS) is 10.1. The van der Waals surface area contributed by atoms with E-state index in [4.69, 9.17) is 10.6 Å². The van der Waals surface area contributed by atoms with Crippen LogP contribution in [0.3, 0.4) is 0 Å². The summed E-state index contributed by atoms with van der Waals surface area (Å²) in [5.74, 6) is 5.47. The van der Waals surface area contributed by atoms with Crippen LogP contribution in [0.1, 0.15) is 30.1 Å². The van der Waals surface area contributed by atoms with Crippen molar-refractivity contribution in [2.24, 2.45) is 5.84 Å². The van der Waals surface area contributed by atoms with Crippen molar-refractivity contribution in [3.8, 4) is 0 Å². The maximum atomic E-state index is 11.8. The number of hydrogen-bond acceptors (Lipinski definition) is 5. The molecule has 0 spiro atoms. The van der Waals surface area contributed by atoms with Gasteiger partial charge in [-0.15, -0.1) is 0 Å². The molecule has 1 heterocycles. The van der Waals surface area contributed by atoms with E-state index in [0.717, 1.165) is 19.4 Å². The third-order valence-corrected chi connectivity index (χ3v) is 2.29. The average molecular weight is 252 g/mol. The fraction of sp³-hybridized carbons (Fsp3) is 0.500. The Balaban J connectivity index is 2.32. The van der Waals surface area contributed by atoms with E-state index < -0.39 is 0 Å². The number of hydrazine groups is 1. The van der Waals surface area contributed by atoms with Gasteiger partial charge in [-0.05, 0) is 25.0 Å². The predicted octanol–water partition coefficient (Wildman–Crippen LogP) is 0.914. The molecule has 1 aromatic rings. The van der Waals surface area contributed by atoms with Crippen molar-refractivity contribution in [3.63, 3.8) is 0 Å². The largest absolute Gasteiger partial charge is 0.381 e. The van der Waals surface area contributed by atoms with Gasteiger partial charge in [-0.25, -0.2) is 10.8 Å². The van der Waals surface area contributed by atoms with Gasteiger partial charge < -0.3 is 15.5 Å². The van der Waals surface area contributed by atoms with Crippen LogP contribution in [0.5, 0.6) is 0 Å². The number of carbonyl (C=O) groups excluding carboxylic acids is 1. The number of hydrogen-bond donors (Lipinski definition) is 3. The highest BCUT2D eigenvalue weighted by Gasteiger charge is 2.10. The minimum absolute atomic E-state index is 0.188. The molecular weight excluding hydrogens is 232 g/mol. The summed E-state index contributed by atoms with van der Waals surface area (Å²) in [4.78, 5) is 15.8. The highest BCUT2D eigenvalue weighted by molar-refractivity contribution is 5.98. The Morgan fingerprint density at radius 2 is 2.33 bits per heavy atom. The number of ether oxygens (including phenoxy) is 1. The summed E-state index contributed by atoms with van der Waals surface area (Å²) >= 11 is 0. The van der Waals surface area contributed by atoms with E-state index in [1.807, 2.05) is 0 Å². The molecule has 0 aliphatic heterocycles. The van der Waals surface area contributed by atoms with Crippen LogP contribution in [0, 0.1) is 0 Å². The third kappa shape index (κ3) is 4.68. The molecule has 4 N–H and O–H groups in total. The summed E-state index contributed by atoms with van der Waals surface area (Å²) in [6.45, 7) is 4.05. The Bertz CT molecular complexity index is 371. The van der Waals surface area contributed by atoms with Crippen LogP contribution in [-0.2, 0) is 4.74 Å². The molecule has 18 heavy (non-hydrogen) atoms. The number of amides is 1. The first-order chi connectivity index (χ1) is 8.79. The smallest absolute Gasteiger partial charge is 0.255 e. The van der Waals surface area contributed by atoms with Crippen LogP contribution >= 0.6 is 0 Å². The van der Waals surface area contributed by atoms with Crippen molar-refractivity contribution in [3.05, 3.63) is 23.9 Å². The number of nitrogens with zero attached hydrogens (tertiary/aromatic N) is 1. The maximum absolute atomic E-state index is 11.8. The van der Waals surface area contributed by atoms with Gasteiger partial charge in [0.1, 0.15) is 0 Å². The summed E-state index contributed by atoms with van der Waals surface area (Å²) < 4.78 is 5.32. The summed E-state index contributed by atoms with van der Waals surface area (Å²) in [5, 5.41) is 2.80. The fourth-order valence-corrected chi connectivity index (χ4v) is 1.42. The van der Waals surface area contributed by atoms with E-state index >= 15 is 0 Å². The SMILES string of the molecule is CCCOCCCNC(=O)c1cccnc1NN. The van der Waals surface area contributed by atoms with Crippen LogP contribution in [0.2, 0.25) is 0 Å². The number of nitrogens with two attached hydrogens (primary N) is 1. The van der Waals surface area contributed by atoms with E-state index in [-0.39, 0.29) is 5.91 Å². The van der Waals surface area contributed by atoms with E-state index in [9.17, 15) is 4.79 Å². The van der Waals surface area contributed by atoms with Gasteiger partial charge in [0.15, 0.2) is 5.82 Å². The molecule has 0 unspecified atom stereocenters. The van der Waals surface area contributed by atoms with Gasteiger partial charge in [-0.3, -0.25) is 4.79 Å². The molecule has 6 nitrogen and oxygen atoms in total. The molecule has 0 fully saturated rings. The minimum Gasteiger partial charge on any atom is -0.381 e. The van der Waals surface area contributed by atoms with Crippen molar-refractivity contribution in [1.29, 1.82) is 0 Å². The first kappa shape index (κ1) is 14.4. The van der Waals surface area contributed by atoms with Gasteiger partial charge >= 0.3 is 0 Å². The molecule has 0 radical (unpaired) electrons. The lowest BCUT2D eigenvalue weighted by Crippen LogP contribution is -2.27. The molecule has 100 valence electrons.